The average Bonchev–Trinajstić information content (AvgIpc) is 2.47. The van der Waals surface area contributed by atoms with Crippen LogP contribution in [0.1, 0.15) is 23.7 Å². The minimum absolute atomic E-state index is 0.0785. The number of nitrogens with zero attached hydrogens (tertiary/aromatic N) is 1. The van der Waals surface area contributed by atoms with Gasteiger partial charge in [0.25, 0.3) is 5.91 Å². The lowest BCUT2D eigenvalue weighted by atomic mass is 10.1. The highest BCUT2D eigenvalue weighted by atomic mass is 16.5. The summed E-state index contributed by atoms with van der Waals surface area (Å²) in [5.41, 5.74) is 0.599. The van der Waals surface area contributed by atoms with Crippen molar-refractivity contribution in [2.24, 2.45) is 0 Å². The van der Waals surface area contributed by atoms with Gasteiger partial charge in [-0.15, -0.1) is 0 Å². The molecule has 0 fully saturated rings. The Bertz CT molecular complexity index is 521. The van der Waals surface area contributed by atoms with Gasteiger partial charge in [0.15, 0.2) is 0 Å². The zero-order chi connectivity index (χ0) is 14.5. The second kappa shape index (κ2) is 6.23. The van der Waals surface area contributed by atoms with Gasteiger partial charge in [-0.1, -0.05) is 0 Å². The Kier molecular flexibility index (Phi) is 4.40. The molecule has 1 aromatic rings. The lowest BCUT2D eigenvalue weighted by Gasteiger charge is -2.26. The van der Waals surface area contributed by atoms with Crippen LogP contribution < -0.4 is 4.74 Å². The van der Waals surface area contributed by atoms with E-state index in [1.54, 1.807) is 48.6 Å². The number of hydrogen-bond donors (Lipinski definition) is 0. The van der Waals surface area contributed by atoms with Crippen LogP contribution in [0, 0.1) is 0 Å². The van der Waals surface area contributed by atoms with E-state index in [1.165, 1.54) is 6.92 Å². The standard InChI is InChI=1S/C15H17NO4/c1-11(17)20-14-7-9-16(10-8-14)15(18)12-3-5-13(19-2)6-4-12/h3-7,9,14H,8,10H2,1-2H3. The normalized spacial score (nSPS) is 17.7. The van der Waals surface area contributed by atoms with Crippen LogP contribution in [0.3, 0.4) is 0 Å². The van der Waals surface area contributed by atoms with E-state index in [0.717, 1.165) is 0 Å². The number of amides is 1. The lowest BCUT2D eigenvalue weighted by molar-refractivity contribution is -0.144. The fraction of sp³-hybridized carbons (Fsp3) is 0.333. The van der Waals surface area contributed by atoms with Crippen molar-refractivity contribution in [3.63, 3.8) is 0 Å². The Balaban J connectivity index is 2.01. The third-order valence-corrected chi connectivity index (χ3v) is 3.05. The number of carbonyl (C=O) groups excluding carboxylic acids is 2. The summed E-state index contributed by atoms with van der Waals surface area (Å²) in [6.07, 6.45) is 3.76. The summed E-state index contributed by atoms with van der Waals surface area (Å²) in [5.74, 6) is 0.324. The molecule has 20 heavy (non-hydrogen) atoms. The van der Waals surface area contributed by atoms with Gasteiger partial charge in [-0.05, 0) is 30.3 Å². The quantitative estimate of drug-likeness (QED) is 0.792. The highest BCUT2D eigenvalue weighted by Crippen LogP contribution is 2.16. The fourth-order valence-corrected chi connectivity index (χ4v) is 2.02. The summed E-state index contributed by atoms with van der Waals surface area (Å²) in [5, 5.41) is 0. The molecular formula is C15H17NO4. The third-order valence-electron chi connectivity index (χ3n) is 3.05. The first kappa shape index (κ1) is 14.1. The molecule has 1 aliphatic rings. The molecule has 2 rings (SSSR count). The summed E-state index contributed by atoms with van der Waals surface area (Å²) in [6.45, 7) is 1.90. The SMILES string of the molecule is COc1ccc(C(=O)N2C=CC(OC(C)=O)CC2)cc1. The topological polar surface area (TPSA) is 55.8 Å². The van der Waals surface area contributed by atoms with Crippen molar-refractivity contribution >= 4 is 11.9 Å². The third kappa shape index (κ3) is 3.38. The van der Waals surface area contributed by atoms with Gasteiger partial charge >= 0.3 is 5.97 Å². The van der Waals surface area contributed by atoms with E-state index in [2.05, 4.69) is 0 Å². The van der Waals surface area contributed by atoms with E-state index in [-0.39, 0.29) is 18.0 Å². The maximum absolute atomic E-state index is 12.3. The second-order valence-corrected chi connectivity index (χ2v) is 4.51. The van der Waals surface area contributed by atoms with E-state index < -0.39 is 0 Å². The minimum Gasteiger partial charge on any atom is -0.497 e. The van der Waals surface area contributed by atoms with Crippen LogP contribution >= 0.6 is 0 Å². The highest BCUT2D eigenvalue weighted by molar-refractivity contribution is 5.95. The Hall–Kier alpha value is -2.30. The molecule has 0 aliphatic carbocycles. The molecule has 106 valence electrons. The van der Waals surface area contributed by atoms with Crippen molar-refractivity contribution in [2.75, 3.05) is 13.7 Å². The molecule has 0 N–H and O–H groups in total. The van der Waals surface area contributed by atoms with Crippen LogP contribution in [-0.2, 0) is 9.53 Å². The van der Waals surface area contributed by atoms with Crippen molar-refractivity contribution in [1.82, 2.24) is 4.90 Å². The molecule has 1 unspecified atom stereocenters. The van der Waals surface area contributed by atoms with Crippen molar-refractivity contribution in [2.45, 2.75) is 19.4 Å². The van der Waals surface area contributed by atoms with Gasteiger partial charge < -0.3 is 14.4 Å². The number of esters is 1. The molecule has 5 heteroatoms. The van der Waals surface area contributed by atoms with Crippen LogP contribution in [0.5, 0.6) is 5.75 Å². The van der Waals surface area contributed by atoms with Crippen LogP contribution in [-0.4, -0.2) is 36.5 Å². The Morgan fingerprint density at radius 1 is 1.25 bits per heavy atom. The number of hydrogen-bond acceptors (Lipinski definition) is 4. The maximum atomic E-state index is 12.3. The van der Waals surface area contributed by atoms with E-state index in [0.29, 0.717) is 24.3 Å². The van der Waals surface area contributed by atoms with Gasteiger partial charge in [0.2, 0.25) is 0 Å². The van der Waals surface area contributed by atoms with Crippen molar-refractivity contribution in [3.05, 3.63) is 42.1 Å². The molecule has 0 saturated carbocycles. The summed E-state index contributed by atoms with van der Waals surface area (Å²) < 4.78 is 10.1. The van der Waals surface area contributed by atoms with Gasteiger partial charge in [-0.3, -0.25) is 9.59 Å². The van der Waals surface area contributed by atoms with Crippen molar-refractivity contribution in [3.8, 4) is 5.75 Å². The predicted molar refractivity (Wildman–Crippen MR) is 73.3 cm³/mol. The molecule has 1 aliphatic heterocycles. The lowest BCUT2D eigenvalue weighted by Crippen LogP contribution is -2.33. The Morgan fingerprint density at radius 3 is 2.45 bits per heavy atom. The van der Waals surface area contributed by atoms with Gasteiger partial charge in [0.1, 0.15) is 11.9 Å². The van der Waals surface area contributed by atoms with E-state index in [4.69, 9.17) is 9.47 Å². The van der Waals surface area contributed by atoms with Crippen LogP contribution in [0.25, 0.3) is 0 Å². The molecule has 1 heterocycles. The fourth-order valence-electron chi connectivity index (χ4n) is 2.02. The zero-order valence-electron chi connectivity index (χ0n) is 11.5. The molecule has 0 bridgehead atoms. The molecule has 0 aromatic heterocycles. The number of benzene rings is 1. The summed E-state index contributed by atoms with van der Waals surface area (Å²) >= 11 is 0. The van der Waals surface area contributed by atoms with Crippen LogP contribution in [0.4, 0.5) is 0 Å². The predicted octanol–water partition coefficient (Wildman–Crippen LogP) is 1.99. The first-order valence-corrected chi connectivity index (χ1v) is 6.40. The summed E-state index contributed by atoms with van der Waals surface area (Å²) in [6, 6.07) is 6.96. The summed E-state index contributed by atoms with van der Waals surface area (Å²) in [4.78, 5) is 24.7. The van der Waals surface area contributed by atoms with E-state index in [1.807, 2.05) is 0 Å². The first-order chi connectivity index (χ1) is 9.60. The first-order valence-electron chi connectivity index (χ1n) is 6.40. The maximum Gasteiger partial charge on any atom is 0.303 e. The van der Waals surface area contributed by atoms with Gasteiger partial charge in [-0.25, -0.2) is 0 Å². The average molecular weight is 275 g/mol. The molecule has 5 nitrogen and oxygen atoms in total. The highest BCUT2D eigenvalue weighted by Gasteiger charge is 2.20. The number of carbonyl (C=O) groups is 2. The largest absolute Gasteiger partial charge is 0.497 e. The van der Waals surface area contributed by atoms with Crippen molar-refractivity contribution < 1.29 is 19.1 Å². The van der Waals surface area contributed by atoms with Gasteiger partial charge in [0.05, 0.1) is 7.11 Å². The molecular weight excluding hydrogens is 258 g/mol. The Labute approximate surface area is 117 Å². The summed E-state index contributed by atoms with van der Waals surface area (Å²) in [7, 11) is 1.58. The monoisotopic (exact) mass is 275 g/mol. The molecule has 0 radical (unpaired) electrons. The van der Waals surface area contributed by atoms with E-state index >= 15 is 0 Å². The number of rotatable bonds is 3. The van der Waals surface area contributed by atoms with Crippen LogP contribution in [0.2, 0.25) is 0 Å². The molecule has 0 saturated heterocycles. The zero-order valence-corrected chi connectivity index (χ0v) is 11.5. The molecule has 1 amide bonds. The smallest absolute Gasteiger partial charge is 0.303 e. The number of methoxy groups -OCH3 is 1. The van der Waals surface area contributed by atoms with Gasteiger partial charge in [-0.2, -0.15) is 0 Å². The molecule has 1 aromatic carbocycles. The minimum atomic E-state index is -0.311. The van der Waals surface area contributed by atoms with Crippen LogP contribution in [0.15, 0.2) is 36.5 Å². The van der Waals surface area contributed by atoms with E-state index in [9.17, 15) is 9.59 Å². The van der Waals surface area contributed by atoms with Gasteiger partial charge in [0, 0.05) is 31.7 Å². The second-order valence-electron chi connectivity index (χ2n) is 4.51. The number of ether oxygens (including phenoxy) is 2. The molecule has 0 spiro atoms. The molecule has 1 atom stereocenters. The Morgan fingerprint density at radius 2 is 1.95 bits per heavy atom. The van der Waals surface area contributed by atoms with Crippen molar-refractivity contribution in [1.29, 1.82) is 0 Å².